The molecule has 6 nitrogen and oxygen atoms in total. The summed E-state index contributed by atoms with van der Waals surface area (Å²) in [7, 11) is 1.62. The number of carbonyl (C=O) groups is 1. The van der Waals surface area contributed by atoms with Crippen LogP contribution in [0.2, 0.25) is 0 Å². The van der Waals surface area contributed by atoms with Crippen molar-refractivity contribution in [1.29, 1.82) is 0 Å². The Morgan fingerprint density at radius 3 is 2.71 bits per heavy atom. The van der Waals surface area contributed by atoms with Crippen LogP contribution in [0.3, 0.4) is 0 Å². The lowest BCUT2D eigenvalue weighted by Gasteiger charge is -2.13. The number of ketones is 1. The number of pyridine rings is 1. The lowest BCUT2D eigenvalue weighted by molar-refractivity contribution is 0.0994. The number of carbonyl (C=O) groups excluding carboxylic acids is 1. The van der Waals surface area contributed by atoms with Gasteiger partial charge in [-0.05, 0) is 49.7 Å². The highest BCUT2D eigenvalue weighted by molar-refractivity contribution is 8.00. The number of nitrogens with one attached hydrogen (secondary N) is 2. The average molecular weight is 393 g/mol. The predicted octanol–water partition coefficient (Wildman–Crippen LogP) is 4.08. The summed E-state index contributed by atoms with van der Waals surface area (Å²) in [5.41, 5.74) is 3.44. The highest BCUT2D eigenvalue weighted by atomic mass is 32.2. The van der Waals surface area contributed by atoms with Gasteiger partial charge in [-0.25, -0.2) is 9.78 Å². The Kier molecular flexibility index (Phi) is 4.68. The molecule has 28 heavy (non-hydrogen) atoms. The molecule has 0 amide bonds. The van der Waals surface area contributed by atoms with E-state index < -0.39 is 0 Å². The molecule has 1 unspecified atom stereocenters. The number of ether oxygens (including phenoxy) is 1. The Morgan fingerprint density at radius 1 is 1.14 bits per heavy atom. The smallest absolute Gasteiger partial charge is 0.323 e. The molecular formula is C21H19N3O3S. The number of Topliss-reactive ketones (excluding diaryl/α,β-unsaturated/α-hetero) is 1. The standard InChI is InChI=1S/C21H19N3O3S/c1-11-9-18(24-19-14(11)5-4-6-17(19)27-3)28-12(2)20(25)13-7-8-15-16(10-13)23-21(26)22-15/h4-10,12H,1-3H3,(H2,22,23,26). The number of methoxy groups -OCH3 is 1. The fourth-order valence-electron chi connectivity index (χ4n) is 3.24. The number of nitrogens with zero attached hydrogens (tertiary/aromatic N) is 1. The summed E-state index contributed by atoms with van der Waals surface area (Å²) in [6.07, 6.45) is 0. The lowest BCUT2D eigenvalue weighted by Crippen LogP contribution is -2.13. The normalized spacial score (nSPS) is 12.4. The van der Waals surface area contributed by atoms with Crippen molar-refractivity contribution in [3.63, 3.8) is 0 Å². The summed E-state index contributed by atoms with van der Waals surface area (Å²) >= 11 is 1.41. The van der Waals surface area contributed by atoms with E-state index in [0.29, 0.717) is 22.3 Å². The zero-order valence-electron chi connectivity index (χ0n) is 15.7. The van der Waals surface area contributed by atoms with Gasteiger partial charge in [0.1, 0.15) is 11.3 Å². The van der Waals surface area contributed by atoms with Gasteiger partial charge in [0.25, 0.3) is 0 Å². The second-order valence-electron chi connectivity index (χ2n) is 6.60. The molecule has 2 heterocycles. The van der Waals surface area contributed by atoms with Gasteiger partial charge in [-0.3, -0.25) is 4.79 Å². The van der Waals surface area contributed by atoms with Crippen LogP contribution in [0.25, 0.3) is 21.9 Å². The number of imidazole rings is 1. The van der Waals surface area contributed by atoms with Crippen molar-refractivity contribution in [2.24, 2.45) is 0 Å². The summed E-state index contributed by atoms with van der Waals surface area (Å²) in [6.45, 7) is 3.89. The molecule has 0 fully saturated rings. The number of hydrogen-bond donors (Lipinski definition) is 2. The van der Waals surface area contributed by atoms with E-state index in [2.05, 4.69) is 9.97 Å². The minimum absolute atomic E-state index is 0.0199. The molecule has 7 heteroatoms. The van der Waals surface area contributed by atoms with Gasteiger partial charge in [-0.15, -0.1) is 0 Å². The molecule has 142 valence electrons. The van der Waals surface area contributed by atoms with Crippen LogP contribution in [0.4, 0.5) is 0 Å². The van der Waals surface area contributed by atoms with E-state index >= 15 is 0 Å². The Bertz CT molecular complexity index is 1260. The first kappa shape index (κ1) is 18.3. The van der Waals surface area contributed by atoms with E-state index in [0.717, 1.165) is 21.5 Å². The molecule has 1 atom stereocenters. The van der Waals surface area contributed by atoms with Crippen molar-refractivity contribution < 1.29 is 9.53 Å². The topological polar surface area (TPSA) is 87.8 Å². The minimum atomic E-state index is -0.331. The zero-order valence-corrected chi connectivity index (χ0v) is 16.5. The fraction of sp³-hybridized carbons (Fsp3) is 0.190. The van der Waals surface area contributed by atoms with E-state index in [9.17, 15) is 9.59 Å². The molecule has 2 aromatic heterocycles. The van der Waals surface area contributed by atoms with Crippen LogP contribution < -0.4 is 10.4 Å². The third-order valence-corrected chi connectivity index (χ3v) is 5.69. The van der Waals surface area contributed by atoms with Gasteiger partial charge in [-0.2, -0.15) is 0 Å². The number of thioether (sulfide) groups is 1. The second-order valence-corrected chi connectivity index (χ2v) is 7.96. The molecule has 2 N–H and O–H groups in total. The van der Waals surface area contributed by atoms with E-state index in [4.69, 9.17) is 9.72 Å². The molecule has 4 aromatic rings. The maximum absolute atomic E-state index is 12.9. The Hall–Kier alpha value is -3.06. The van der Waals surface area contributed by atoms with Crippen molar-refractivity contribution in [2.75, 3.05) is 7.11 Å². The summed E-state index contributed by atoms with van der Waals surface area (Å²) < 4.78 is 5.43. The molecule has 0 aliphatic heterocycles. The maximum atomic E-state index is 12.9. The van der Waals surface area contributed by atoms with Crippen LogP contribution in [-0.2, 0) is 0 Å². The third kappa shape index (κ3) is 3.29. The van der Waals surface area contributed by atoms with E-state index in [1.807, 2.05) is 38.1 Å². The van der Waals surface area contributed by atoms with Crippen LogP contribution in [0, 0.1) is 6.92 Å². The predicted molar refractivity (Wildman–Crippen MR) is 112 cm³/mol. The van der Waals surface area contributed by atoms with Crippen LogP contribution in [-0.4, -0.2) is 33.1 Å². The highest BCUT2D eigenvalue weighted by Gasteiger charge is 2.19. The molecule has 0 radical (unpaired) electrons. The van der Waals surface area contributed by atoms with Crippen molar-refractivity contribution in [3.05, 3.63) is 64.1 Å². The number of aryl methyl sites for hydroxylation is 1. The number of hydrogen-bond acceptors (Lipinski definition) is 5. The van der Waals surface area contributed by atoms with Crippen molar-refractivity contribution >= 4 is 39.5 Å². The molecule has 0 saturated heterocycles. The van der Waals surface area contributed by atoms with Gasteiger partial charge < -0.3 is 14.7 Å². The van der Waals surface area contributed by atoms with Crippen LogP contribution >= 0.6 is 11.8 Å². The first-order valence-corrected chi connectivity index (χ1v) is 9.71. The number of fused-ring (bicyclic) bond motifs is 2. The minimum Gasteiger partial charge on any atom is -0.494 e. The lowest BCUT2D eigenvalue weighted by atomic mass is 10.1. The number of H-pyrrole nitrogens is 2. The van der Waals surface area contributed by atoms with Crippen molar-refractivity contribution in [2.45, 2.75) is 24.1 Å². The van der Waals surface area contributed by atoms with E-state index in [-0.39, 0.29) is 16.7 Å². The van der Waals surface area contributed by atoms with Crippen molar-refractivity contribution in [3.8, 4) is 5.75 Å². The number of para-hydroxylation sites is 1. The van der Waals surface area contributed by atoms with Crippen molar-refractivity contribution in [1.82, 2.24) is 15.0 Å². The molecule has 0 bridgehead atoms. The number of rotatable bonds is 5. The van der Waals surface area contributed by atoms with Gasteiger partial charge >= 0.3 is 5.69 Å². The first-order valence-electron chi connectivity index (χ1n) is 8.83. The molecular weight excluding hydrogens is 374 g/mol. The van der Waals surface area contributed by atoms with E-state index in [1.165, 1.54) is 11.8 Å². The fourth-order valence-corrected chi connectivity index (χ4v) is 4.24. The molecule has 0 saturated carbocycles. The maximum Gasteiger partial charge on any atom is 0.323 e. The van der Waals surface area contributed by atoms with Gasteiger partial charge in [0.15, 0.2) is 5.78 Å². The summed E-state index contributed by atoms with van der Waals surface area (Å²) in [4.78, 5) is 34.4. The van der Waals surface area contributed by atoms with Gasteiger partial charge in [0.2, 0.25) is 0 Å². The number of benzene rings is 2. The second kappa shape index (κ2) is 7.16. The van der Waals surface area contributed by atoms with Crippen LogP contribution in [0.5, 0.6) is 5.75 Å². The van der Waals surface area contributed by atoms with Gasteiger partial charge in [-0.1, -0.05) is 23.9 Å². The molecule has 4 rings (SSSR count). The van der Waals surface area contributed by atoms with E-state index in [1.54, 1.807) is 25.3 Å². The molecule has 0 aliphatic rings. The van der Waals surface area contributed by atoms with Crippen LogP contribution in [0.15, 0.2) is 52.3 Å². The molecule has 0 aliphatic carbocycles. The Labute approximate surface area is 165 Å². The first-order chi connectivity index (χ1) is 13.5. The Balaban J connectivity index is 1.64. The van der Waals surface area contributed by atoms with Gasteiger partial charge in [0, 0.05) is 10.9 Å². The molecule has 2 aromatic carbocycles. The summed E-state index contributed by atoms with van der Waals surface area (Å²) in [5.74, 6) is 0.692. The largest absolute Gasteiger partial charge is 0.494 e. The van der Waals surface area contributed by atoms with Gasteiger partial charge in [0.05, 0.1) is 28.4 Å². The quantitative estimate of drug-likeness (QED) is 0.394. The average Bonchev–Trinajstić information content (AvgIpc) is 3.06. The van der Waals surface area contributed by atoms with Crippen LogP contribution in [0.1, 0.15) is 22.8 Å². The monoisotopic (exact) mass is 393 g/mol. The summed E-state index contributed by atoms with van der Waals surface area (Å²) in [6, 6.07) is 13.0. The third-order valence-electron chi connectivity index (χ3n) is 4.67. The Morgan fingerprint density at radius 2 is 1.93 bits per heavy atom. The SMILES string of the molecule is COc1cccc2c(C)cc(SC(C)C(=O)c3ccc4[nH]c(=O)[nH]c4c3)nc12. The summed E-state index contributed by atoms with van der Waals surface area (Å²) in [5, 5.41) is 1.47. The zero-order chi connectivity index (χ0) is 19.8. The molecule has 0 spiro atoms. The number of aromatic nitrogens is 3. The highest BCUT2D eigenvalue weighted by Crippen LogP contribution is 2.32. The number of aromatic amines is 2.